The number of benzene rings is 1. The van der Waals surface area contributed by atoms with Crippen LogP contribution in [0.5, 0.6) is 11.5 Å². The van der Waals surface area contributed by atoms with Crippen LogP contribution in [0, 0.1) is 0 Å². The normalized spacial score (nSPS) is 17.0. The summed E-state index contributed by atoms with van der Waals surface area (Å²) in [5.74, 6) is 1.69. The lowest BCUT2D eigenvalue weighted by molar-refractivity contribution is 0.0745. The van der Waals surface area contributed by atoms with Crippen molar-refractivity contribution in [2.45, 2.75) is 6.42 Å². The molecule has 0 saturated carbocycles. The van der Waals surface area contributed by atoms with Crippen LogP contribution in [0.3, 0.4) is 0 Å². The lowest BCUT2D eigenvalue weighted by Gasteiger charge is -2.34. The molecule has 136 valence electrons. The highest BCUT2D eigenvalue weighted by Gasteiger charge is 2.25. The second-order valence-corrected chi connectivity index (χ2v) is 6.57. The molecular formula is C18H19ClN4O3. The minimum absolute atomic E-state index is 0.0591. The van der Waals surface area contributed by atoms with Crippen LogP contribution in [0.25, 0.3) is 0 Å². The predicted octanol–water partition coefficient (Wildman–Crippen LogP) is 2.25. The fraction of sp³-hybridized carbons (Fsp3) is 0.389. The molecule has 1 fully saturated rings. The predicted molar refractivity (Wildman–Crippen MR) is 97.2 cm³/mol. The van der Waals surface area contributed by atoms with Crippen molar-refractivity contribution in [3.8, 4) is 11.5 Å². The number of halogens is 1. The third-order valence-electron chi connectivity index (χ3n) is 4.45. The summed E-state index contributed by atoms with van der Waals surface area (Å²) in [7, 11) is 0. The number of rotatable bonds is 2. The highest BCUT2D eigenvalue weighted by atomic mass is 35.5. The topological polar surface area (TPSA) is 67.8 Å². The summed E-state index contributed by atoms with van der Waals surface area (Å²) in [6.45, 7) is 3.69. The summed E-state index contributed by atoms with van der Waals surface area (Å²) in [5, 5.41) is 0.407. The second-order valence-electron chi connectivity index (χ2n) is 6.16. The summed E-state index contributed by atoms with van der Waals surface area (Å²) >= 11 is 6.31. The van der Waals surface area contributed by atoms with Crippen molar-refractivity contribution in [1.29, 1.82) is 0 Å². The number of anilines is 1. The minimum Gasteiger partial charge on any atom is -0.489 e. The monoisotopic (exact) mass is 374 g/mol. The molecule has 1 saturated heterocycles. The van der Waals surface area contributed by atoms with Crippen molar-refractivity contribution in [2.75, 3.05) is 44.3 Å². The summed E-state index contributed by atoms with van der Waals surface area (Å²) in [5.41, 5.74) is 0.517. The number of aromatic nitrogens is 2. The van der Waals surface area contributed by atoms with Gasteiger partial charge in [-0.05, 0) is 18.2 Å². The minimum atomic E-state index is -0.0591. The van der Waals surface area contributed by atoms with E-state index in [1.54, 1.807) is 30.6 Å². The van der Waals surface area contributed by atoms with Crippen LogP contribution in [0.2, 0.25) is 5.02 Å². The Bertz CT molecular complexity index is 795. The molecular weight excluding hydrogens is 356 g/mol. The number of hydrogen-bond donors (Lipinski definition) is 0. The standard InChI is InChI=1S/C18H19ClN4O3/c19-14-11-13(12-15-16(14)26-10-2-9-25-15)17(24)22-5-7-23(8-6-22)18-20-3-1-4-21-18/h1,3-4,11-12H,2,5-10H2. The molecule has 0 bridgehead atoms. The Hall–Kier alpha value is -2.54. The molecule has 7 nitrogen and oxygen atoms in total. The third-order valence-corrected chi connectivity index (χ3v) is 4.73. The summed E-state index contributed by atoms with van der Waals surface area (Å²) in [6.07, 6.45) is 4.23. The Balaban J connectivity index is 1.47. The Morgan fingerprint density at radius 3 is 2.54 bits per heavy atom. The van der Waals surface area contributed by atoms with Crippen molar-refractivity contribution < 1.29 is 14.3 Å². The smallest absolute Gasteiger partial charge is 0.254 e. The molecule has 2 aliphatic rings. The van der Waals surface area contributed by atoms with Gasteiger partial charge in [-0.2, -0.15) is 0 Å². The molecule has 0 radical (unpaired) electrons. The van der Waals surface area contributed by atoms with Crippen molar-refractivity contribution in [3.05, 3.63) is 41.2 Å². The van der Waals surface area contributed by atoms with Crippen molar-refractivity contribution in [1.82, 2.24) is 14.9 Å². The van der Waals surface area contributed by atoms with E-state index in [0.717, 1.165) is 6.42 Å². The van der Waals surface area contributed by atoms with E-state index in [1.807, 2.05) is 4.90 Å². The Kier molecular flexibility index (Phi) is 4.79. The van der Waals surface area contributed by atoms with E-state index in [2.05, 4.69) is 14.9 Å². The second kappa shape index (κ2) is 7.37. The van der Waals surface area contributed by atoms with Gasteiger partial charge >= 0.3 is 0 Å². The molecule has 0 unspecified atom stereocenters. The SMILES string of the molecule is O=C(c1cc(Cl)c2c(c1)OCCCO2)N1CCN(c2ncccn2)CC1. The van der Waals surface area contributed by atoms with Gasteiger partial charge in [0, 0.05) is 50.6 Å². The number of hydrogen-bond acceptors (Lipinski definition) is 6. The van der Waals surface area contributed by atoms with Gasteiger partial charge in [-0.1, -0.05) is 11.6 Å². The van der Waals surface area contributed by atoms with Gasteiger partial charge < -0.3 is 19.3 Å². The average molecular weight is 375 g/mol. The Morgan fingerprint density at radius 2 is 1.77 bits per heavy atom. The number of fused-ring (bicyclic) bond motifs is 1. The third kappa shape index (κ3) is 3.39. The zero-order valence-corrected chi connectivity index (χ0v) is 15.0. The maximum atomic E-state index is 12.9. The maximum absolute atomic E-state index is 12.9. The summed E-state index contributed by atoms with van der Waals surface area (Å²) in [4.78, 5) is 25.3. The van der Waals surface area contributed by atoms with E-state index in [9.17, 15) is 4.79 Å². The highest BCUT2D eigenvalue weighted by Crippen LogP contribution is 2.38. The molecule has 1 aromatic carbocycles. The molecule has 1 amide bonds. The Morgan fingerprint density at radius 1 is 1.04 bits per heavy atom. The molecule has 0 N–H and O–H groups in total. The molecule has 0 atom stereocenters. The van der Waals surface area contributed by atoms with Crippen LogP contribution >= 0.6 is 11.6 Å². The van der Waals surface area contributed by atoms with E-state index in [1.165, 1.54) is 0 Å². The summed E-state index contributed by atoms with van der Waals surface area (Å²) in [6, 6.07) is 5.17. The number of piperazine rings is 1. The number of nitrogens with zero attached hydrogens (tertiary/aromatic N) is 4. The molecule has 2 aromatic rings. The first-order chi connectivity index (χ1) is 12.7. The van der Waals surface area contributed by atoms with Crippen molar-refractivity contribution >= 4 is 23.5 Å². The molecule has 3 heterocycles. The quantitative estimate of drug-likeness (QED) is 0.803. The van der Waals surface area contributed by atoms with Gasteiger partial charge in [0.2, 0.25) is 5.95 Å². The Labute approximate surface area is 156 Å². The van der Waals surface area contributed by atoms with Crippen LogP contribution < -0.4 is 14.4 Å². The molecule has 0 aliphatic carbocycles. The molecule has 1 aromatic heterocycles. The fourth-order valence-corrected chi connectivity index (χ4v) is 3.37. The van der Waals surface area contributed by atoms with Crippen LogP contribution in [-0.4, -0.2) is 60.2 Å². The van der Waals surface area contributed by atoms with E-state index in [0.29, 0.717) is 67.4 Å². The largest absolute Gasteiger partial charge is 0.489 e. The fourth-order valence-electron chi connectivity index (χ4n) is 3.10. The first-order valence-electron chi connectivity index (χ1n) is 8.63. The highest BCUT2D eigenvalue weighted by molar-refractivity contribution is 6.32. The first kappa shape index (κ1) is 16.9. The van der Waals surface area contributed by atoms with Gasteiger partial charge in [0.1, 0.15) is 0 Å². The van der Waals surface area contributed by atoms with Gasteiger partial charge in [0.25, 0.3) is 5.91 Å². The summed E-state index contributed by atoms with van der Waals surface area (Å²) < 4.78 is 11.3. The van der Waals surface area contributed by atoms with Crippen LogP contribution in [0.4, 0.5) is 5.95 Å². The zero-order chi connectivity index (χ0) is 17.9. The van der Waals surface area contributed by atoms with E-state index < -0.39 is 0 Å². The molecule has 4 rings (SSSR count). The number of amides is 1. The van der Waals surface area contributed by atoms with E-state index in [4.69, 9.17) is 21.1 Å². The first-order valence-corrected chi connectivity index (χ1v) is 9.00. The van der Waals surface area contributed by atoms with Gasteiger partial charge in [0.15, 0.2) is 11.5 Å². The van der Waals surface area contributed by atoms with Gasteiger partial charge in [-0.3, -0.25) is 4.79 Å². The number of carbonyl (C=O) groups is 1. The molecule has 8 heteroatoms. The van der Waals surface area contributed by atoms with Crippen molar-refractivity contribution in [3.63, 3.8) is 0 Å². The average Bonchev–Trinajstić information content (AvgIpc) is 2.94. The number of ether oxygens (including phenoxy) is 2. The van der Waals surface area contributed by atoms with Crippen molar-refractivity contribution in [2.24, 2.45) is 0 Å². The molecule has 0 spiro atoms. The van der Waals surface area contributed by atoms with Crippen LogP contribution in [-0.2, 0) is 0 Å². The molecule has 2 aliphatic heterocycles. The van der Waals surface area contributed by atoms with Crippen LogP contribution in [0.15, 0.2) is 30.6 Å². The van der Waals surface area contributed by atoms with Gasteiger partial charge in [-0.15, -0.1) is 0 Å². The van der Waals surface area contributed by atoms with E-state index in [-0.39, 0.29) is 5.91 Å². The van der Waals surface area contributed by atoms with Gasteiger partial charge in [0.05, 0.1) is 18.2 Å². The zero-order valence-electron chi connectivity index (χ0n) is 14.2. The van der Waals surface area contributed by atoms with Gasteiger partial charge in [-0.25, -0.2) is 9.97 Å². The lowest BCUT2D eigenvalue weighted by atomic mass is 10.1. The molecule has 26 heavy (non-hydrogen) atoms. The maximum Gasteiger partial charge on any atom is 0.254 e. The van der Waals surface area contributed by atoms with E-state index >= 15 is 0 Å². The number of carbonyl (C=O) groups excluding carboxylic acids is 1. The van der Waals surface area contributed by atoms with Crippen LogP contribution in [0.1, 0.15) is 16.8 Å². The lowest BCUT2D eigenvalue weighted by Crippen LogP contribution is -2.49.